The van der Waals surface area contributed by atoms with E-state index >= 15 is 0 Å². The third kappa shape index (κ3) is 15.0. The Morgan fingerprint density at radius 1 is 0.598 bits per heavy atom. The van der Waals surface area contributed by atoms with Gasteiger partial charge in [-0.3, -0.25) is 38.1 Å². The van der Waals surface area contributed by atoms with Gasteiger partial charge in [0.1, 0.15) is 81.0 Å². The normalized spacial score (nSPS) is 12.0. The molecule has 0 aliphatic rings. The molecule has 448 valence electrons. The van der Waals surface area contributed by atoms with Crippen molar-refractivity contribution in [3.05, 3.63) is 118 Å². The fourth-order valence-electron chi connectivity index (χ4n) is 8.88. The molecule has 24 nitrogen and oxygen atoms in total. The first-order valence-electron chi connectivity index (χ1n) is 27.3. The molecule has 0 bridgehead atoms. The van der Waals surface area contributed by atoms with Crippen LogP contribution in [0.2, 0.25) is 0 Å². The highest BCUT2D eigenvalue weighted by molar-refractivity contribution is 14.1. The fraction of sp³-hybridized carbons (Fsp3) is 0.323. The second-order valence-corrected chi connectivity index (χ2v) is 23.7. The lowest BCUT2D eigenvalue weighted by Gasteiger charge is -2.28. The van der Waals surface area contributed by atoms with E-state index in [4.69, 9.17) is 15.9 Å². The number of halogens is 1. The summed E-state index contributed by atoms with van der Waals surface area (Å²) >= 11 is 2.30. The van der Waals surface area contributed by atoms with E-state index in [1.807, 2.05) is 77.2 Å². The van der Waals surface area contributed by atoms with E-state index in [0.29, 0.717) is 33.9 Å². The van der Waals surface area contributed by atoms with Crippen molar-refractivity contribution in [2.75, 3.05) is 24.7 Å². The summed E-state index contributed by atoms with van der Waals surface area (Å²) in [5.74, 6) is 8.41. The third-order valence-electron chi connectivity index (χ3n) is 13.5. The number of amides is 4. The molecule has 2 N–H and O–H groups in total. The molecule has 0 aliphatic carbocycles. The summed E-state index contributed by atoms with van der Waals surface area (Å²) in [6.07, 6.45) is 11.0. The predicted molar refractivity (Wildman–Crippen MR) is 341 cm³/mol. The van der Waals surface area contributed by atoms with E-state index in [2.05, 4.69) is 119 Å². The number of aromatic nitrogens is 14. The summed E-state index contributed by atoms with van der Waals surface area (Å²) in [5, 5.41) is 25.1. The summed E-state index contributed by atoms with van der Waals surface area (Å²) in [6, 6.07) is 17.4. The lowest BCUT2D eigenvalue weighted by molar-refractivity contribution is -0.121. The maximum atomic E-state index is 13.3. The van der Waals surface area contributed by atoms with Crippen molar-refractivity contribution in [2.24, 2.45) is 28.2 Å². The number of nitrogens with zero attached hydrogens (tertiary/aromatic N) is 16. The van der Waals surface area contributed by atoms with Gasteiger partial charge in [-0.15, -0.1) is 6.42 Å². The van der Waals surface area contributed by atoms with Crippen molar-refractivity contribution >= 4 is 102 Å². The second-order valence-electron chi connectivity index (χ2n) is 22.4. The SMILES string of the molecule is C#Cc1cc(-c2ncnc3c(C)nn(C)c23)cc(NC(=O)C(C)N(C)C(=O)OC(C)(C)C)n1.Cc1nn(C)c2c(-c3cc(C#Cc4ccc5c(cnn5C)c4)nc(NC(=O)C(C)N(C)C(=O)OC(C)(C)C)c3)ncnc12.Cn1ncc2cc(I)ccc21. The summed E-state index contributed by atoms with van der Waals surface area (Å²) in [4.78, 5) is 80.1. The molecule has 10 aromatic rings. The lowest BCUT2D eigenvalue weighted by Crippen LogP contribution is -2.45. The number of nitrogens with one attached hydrogen (secondary N) is 2. The number of likely N-dealkylation sites (N-methyl/N-ethyl adjacent to an activating group) is 2. The molecule has 0 saturated heterocycles. The van der Waals surface area contributed by atoms with Gasteiger partial charge in [0, 0.05) is 73.3 Å². The second kappa shape index (κ2) is 25.8. The molecular formula is C62H67IN18O6. The highest BCUT2D eigenvalue weighted by Gasteiger charge is 2.29. The van der Waals surface area contributed by atoms with E-state index in [-0.39, 0.29) is 11.6 Å². The monoisotopic (exact) mass is 1290 g/mol. The molecule has 87 heavy (non-hydrogen) atoms. The van der Waals surface area contributed by atoms with Gasteiger partial charge in [-0.25, -0.2) is 39.5 Å². The molecule has 8 heterocycles. The molecule has 25 heteroatoms. The average Bonchev–Trinajstić information content (AvgIpc) is 1.83. The fourth-order valence-corrected chi connectivity index (χ4v) is 9.39. The minimum Gasteiger partial charge on any atom is -0.444 e. The standard InChI is InChI=1S/C31H33N9O3.C23H27N7O3.C8H7IN2/c1-18-26-28(40(8)37-18)27(33-17-32-26)21-14-23(11-9-20-10-12-24-22(13-20)16-34-39(24)7)35-25(15-21)36-29(41)19(2)38(6)30(42)43-31(3,4)5;1-9-16-10-15(19-20-18(24-12-25-19)13(2)28-30(20)8)11-17(26-16)27-21(31)14(3)29(7)22(32)33-23(4,5)6;1-11-8-3-2-7(9)4-6(8)5-10-11/h10,12-17,19H,1-8H3,(H,35,36,41);1,10-12,14H,2-8H3,(H,26,27,31);2-5H,1H3. The topological polar surface area (TPSA) is 266 Å². The van der Waals surface area contributed by atoms with Crippen LogP contribution in [0.25, 0.3) is 66.4 Å². The predicted octanol–water partition coefficient (Wildman–Crippen LogP) is 9.30. The average molecular weight is 1290 g/mol. The minimum absolute atomic E-state index is 0.237. The first kappa shape index (κ1) is 63.1. The molecule has 8 aromatic heterocycles. The Labute approximate surface area is 516 Å². The highest BCUT2D eigenvalue weighted by atomic mass is 127. The first-order valence-corrected chi connectivity index (χ1v) is 28.4. The van der Waals surface area contributed by atoms with Crippen molar-refractivity contribution in [1.29, 1.82) is 0 Å². The maximum Gasteiger partial charge on any atom is 0.410 e. The van der Waals surface area contributed by atoms with Crippen molar-refractivity contribution in [3.8, 4) is 46.7 Å². The first-order chi connectivity index (χ1) is 41.0. The zero-order valence-electron chi connectivity index (χ0n) is 51.3. The summed E-state index contributed by atoms with van der Waals surface area (Å²) in [7, 11) is 10.5. The van der Waals surface area contributed by atoms with Crippen molar-refractivity contribution in [3.63, 3.8) is 0 Å². The van der Waals surface area contributed by atoms with Gasteiger partial charge in [-0.1, -0.05) is 11.8 Å². The Hall–Kier alpha value is -9.89. The number of rotatable bonds is 8. The molecule has 0 fully saturated rings. The van der Waals surface area contributed by atoms with Crippen molar-refractivity contribution in [2.45, 2.75) is 92.5 Å². The number of hydrogen-bond donors (Lipinski definition) is 2. The molecule has 2 aromatic carbocycles. The smallest absolute Gasteiger partial charge is 0.410 e. The number of anilines is 2. The van der Waals surface area contributed by atoms with Gasteiger partial charge in [-0.05, 0) is 158 Å². The van der Waals surface area contributed by atoms with Crippen LogP contribution in [0.15, 0.2) is 85.7 Å². The quantitative estimate of drug-likeness (QED) is 0.106. The van der Waals surface area contributed by atoms with E-state index in [0.717, 1.165) is 49.9 Å². The van der Waals surface area contributed by atoms with Crippen LogP contribution in [-0.4, -0.2) is 140 Å². The van der Waals surface area contributed by atoms with Crippen LogP contribution in [0.3, 0.4) is 0 Å². The van der Waals surface area contributed by atoms with E-state index in [9.17, 15) is 19.2 Å². The van der Waals surface area contributed by atoms with Gasteiger partial charge in [0.15, 0.2) is 0 Å². The van der Waals surface area contributed by atoms with Crippen molar-refractivity contribution in [1.82, 2.24) is 78.8 Å². The number of ether oxygens (including phenoxy) is 2. The van der Waals surface area contributed by atoms with Crippen LogP contribution in [-0.2, 0) is 47.3 Å². The number of terminal acetylenes is 1. The van der Waals surface area contributed by atoms with Crippen LogP contribution in [0, 0.1) is 41.6 Å². The summed E-state index contributed by atoms with van der Waals surface area (Å²) in [5.41, 5.74) is 9.35. The zero-order valence-corrected chi connectivity index (χ0v) is 53.5. The molecule has 10 rings (SSSR count). The van der Waals surface area contributed by atoms with Gasteiger partial charge < -0.3 is 20.1 Å². The third-order valence-corrected chi connectivity index (χ3v) is 14.2. The summed E-state index contributed by atoms with van der Waals surface area (Å²) in [6.45, 7) is 17.5. The number of fused-ring (bicyclic) bond motifs is 4. The Kier molecular flexibility index (Phi) is 18.7. The Morgan fingerprint density at radius 3 is 1.49 bits per heavy atom. The highest BCUT2D eigenvalue weighted by Crippen LogP contribution is 2.31. The molecule has 0 spiro atoms. The number of carbonyl (C=O) groups is 4. The van der Waals surface area contributed by atoms with E-state index in [1.54, 1.807) is 93.8 Å². The molecular weight excluding hydrogens is 1220 g/mol. The van der Waals surface area contributed by atoms with E-state index in [1.165, 1.54) is 51.0 Å². The molecule has 0 radical (unpaired) electrons. The Bertz CT molecular complexity index is 4400. The number of hydrogen-bond acceptors (Lipinski definition) is 16. The van der Waals surface area contributed by atoms with Crippen LogP contribution in [0.4, 0.5) is 21.2 Å². The van der Waals surface area contributed by atoms with E-state index < -0.39 is 47.3 Å². The molecule has 2 unspecified atom stereocenters. The van der Waals surface area contributed by atoms with Crippen LogP contribution in [0.1, 0.15) is 83.7 Å². The van der Waals surface area contributed by atoms with Crippen LogP contribution >= 0.6 is 22.6 Å². The molecule has 0 saturated carbocycles. The number of carbonyl (C=O) groups excluding carboxylic acids is 4. The molecule has 2 atom stereocenters. The Morgan fingerprint density at radius 2 is 1.03 bits per heavy atom. The summed E-state index contributed by atoms with van der Waals surface area (Å²) < 4.78 is 19.1. The largest absolute Gasteiger partial charge is 0.444 e. The molecule has 4 amide bonds. The van der Waals surface area contributed by atoms with Gasteiger partial charge in [0.2, 0.25) is 11.8 Å². The molecule has 0 aliphatic heterocycles. The zero-order chi connectivity index (χ0) is 63.4. The Balaban J connectivity index is 0.000000196. The van der Waals surface area contributed by atoms with Gasteiger partial charge >= 0.3 is 12.2 Å². The lowest BCUT2D eigenvalue weighted by atomic mass is 10.1. The van der Waals surface area contributed by atoms with Gasteiger partial charge in [0.25, 0.3) is 0 Å². The maximum absolute atomic E-state index is 13.3. The van der Waals surface area contributed by atoms with Crippen LogP contribution < -0.4 is 10.6 Å². The van der Waals surface area contributed by atoms with Crippen LogP contribution in [0.5, 0.6) is 0 Å². The number of pyridine rings is 2. The minimum atomic E-state index is -0.841. The van der Waals surface area contributed by atoms with Gasteiger partial charge in [-0.2, -0.15) is 20.4 Å². The van der Waals surface area contributed by atoms with Crippen molar-refractivity contribution < 1.29 is 28.7 Å². The number of benzene rings is 2. The van der Waals surface area contributed by atoms with Gasteiger partial charge in [0.05, 0.1) is 46.2 Å². The number of aryl methyl sites for hydroxylation is 6.